The number of hydrogen-bond acceptors (Lipinski definition) is 2. The van der Waals surface area contributed by atoms with E-state index < -0.39 is 0 Å². The van der Waals surface area contributed by atoms with E-state index in [1.54, 1.807) is 0 Å². The molecule has 2 aromatic carbocycles. The molecule has 98 valence electrons. The van der Waals surface area contributed by atoms with Crippen molar-refractivity contribution < 1.29 is 5.11 Å². The number of aliphatic hydroxyl groups excluding tert-OH is 1. The summed E-state index contributed by atoms with van der Waals surface area (Å²) in [6, 6.07) is 14.7. The summed E-state index contributed by atoms with van der Waals surface area (Å²) in [7, 11) is 0. The first kappa shape index (κ1) is 12.7. The van der Waals surface area contributed by atoms with Gasteiger partial charge in [0.2, 0.25) is 0 Å². The van der Waals surface area contributed by atoms with E-state index in [2.05, 4.69) is 51.2 Å². The van der Waals surface area contributed by atoms with Crippen molar-refractivity contribution in [1.82, 2.24) is 0 Å². The smallest absolute Gasteiger partial charge is 0.0682 e. The molecule has 0 saturated carbocycles. The Morgan fingerprint density at radius 2 is 1.89 bits per heavy atom. The van der Waals surface area contributed by atoms with Crippen molar-refractivity contribution in [2.75, 3.05) is 11.4 Å². The van der Waals surface area contributed by atoms with Crippen LogP contribution in [0.1, 0.15) is 16.7 Å². The van der Waals surface area contributed by atoms with Crippen LogP contribution in [0.4, 0.5) is 5.69 Å². The van der Waals surface area contributed by atoms with Gasteiger partial charge in [-0.15, -0.1) is 0 Å². The molecule has 19 heavy (non-hydrogen) atoms. The largest absolute Gasteiger partial charge is 0.392 e. The molecule has 0 atom stereocenters. The molecule has 2 nitrogen and oxygen atoms in total. The fourth-order valence-corrected chi connectivity index (χ4v) is 3.28. The molecule has 0 radical (unpaired) electrons. The molecule has 1 aliphatic heterocycles. The molecule has 3 heteroatoms. The Hall–Kier alpha value is -1.32. The second-order valence-electron chi connectivity index (χ2n) is 4.88. The Labute approximate surface area is 121 Å². The molecule has 0 spiro atoms. The van der Waals surface area contributed by atoms with Gasteiger partial charge in [0, 0.05) is 17.6 Å². The van der Waals surface area contributed by atoms with E-state index in [4.69, 9.17) is 5.11 Å². The minimum Gasteiger partial charge on any atom is -0.392 e. The van der Waals surface area contributed by atoms with Crippen molar-refractivity contribution in [2.24, 2.45) is 0 Å². The van der Waals surface area contributed by atoms with Crippen LogP contribution in [-0.4, -0.2) is 11.7 Å². The zero-order chi connectivity index (χ0) is 13.2. The summed E-state index contributed by atoms with van der Waals surface area (Å²) < 4.78 is 1.05. The van der Waals surface area contributed by atoms with E-state index >= 15 is 0 Å². The van der Waals surface area contributed by atoms with Gasteiger partial charge < -0.3 is 10.0 Å². The van der Waals surface area contributed by atoms with Crippen molar-refractivity contribution in [1.29, 1.82) is 0 Å². The number of benzene rings is 2. The second kappa shape index (κ2) is 5.35. The van der Waals surface area contributed by atoms with E-state index in [1.807, 2.05) is 12.1 Å². The first-order valence-electron chi connectivity index (χ1n) is 6.49. The monoisotopic (exact) mass is 317 g/mol. The molecule has 0 aliphatic carbocycles. The molecule has 3 rings (SSSR count). The van der Waals surface area contributed by atoms with Crippen LogP contribution in [0.3, 0.4) is 0 Å². The molecular weight excluding hydrogens is 302 g/mol. The van der Waals surface area contributed by atoms with Crippen LogP contribution < -0.4 is 4.90 Å². The number of nitrogens with zero attached hydrogens (tertiary/aromatic N) is 1. The summed E-state index contributed by atoms with van der Waals surface area (Å²) in [6.07, 6.45) is 1.09. The maximum absolute atomic E-state index is 9.16. The summed E-state index contributed by atoms with van der Waals surface area (Å²) >= 11 is 3.61. The average molecular weight is 318 g/mol. The fraction of sp³-hybridized carbons (Fsp3) is 0.250. The quantitative estimate of drug-likeness (QED) is 0.916. The number of fused-ring (bicyclic) bond motifs is 1. The third-order valence-corrected chi connectivity index (χ3v) is 4.30. The van der Waals surface area contributed by atoms with E-state index in [0.29, 0.717) is 0 Å². The lowest BCUT2D eigenvalue weighted by atomic mass is 9.99. The fourth-order valence-electron chi connectivity index (χ4n) is 2.61. The minimum absolute atomic E-state index is 0.0850. The highest BCUT2D eigenvalue weighted by Crippen LogP contribution is 2.31. The molecule has 1 aliphatic rings. The average Bonchev–Trinajstić information content (AvgIpc) is 2.46. The summed E-state index contributed by atoms with van der Waals surface area (Å²) in [5.74, 6) is 0. The first-order valence-corrected chi connectivity index (χ1v) is 7.28. The topological polar surface area (TPSA) is 23.5 Å². The zero-order valence-corrected chi connectivity index (χ0v) is 12.2. The molecule has 0 aromatic heterocycles. The zero-order valence-electron chi connectivity index (χ0n) is 10.6. The molecule has 1 N–H and O–H groups in total. The van der Waals surface area contributed by atoms with Gasteiger partial charge in [-0.3, -0.25) is 0 Å². The van der Waals surface area contributed by atoms with Crippen LogP contribution in [0.25, 0.3) is 0 Å². The summed E-state index contributed by atoms with van der Waals surface area (Å²) in [6.45, 7) is 2.07. The number of aliphatic hydroxyl groups is 1. The first-order chi connectivity index (χ1) is 9.28. The Balaban J connectivity index is 1.89. The predicted molar refractivity (Wildman–Crippen MR) is 81.3 cm³/mol. The second-order valence-corrected chi connectivity index (χ2v) is 5.74. The lowest BCUT2D eigenvalue weighted by Gasteiger charge is -2.31. The SMILES string of the molecule is OCc1ccc(N2CCc3ccccc3C2)c(Br)c1. The summed E-state index contributed by atoms with van der Waals surface area (Å²) in [5.41, 5.74) is 5.01. The summed E-state index contributed by atoms with van der Waals surface area (Å²) in [5, 5.41) is 9.16. The van der Waals surface area contributed by atoms with Crippen LogP contribution in [0, 0.1) is 0 Å². The van der Waals surface area contributed by atoms with Gasteiger partial charge in [-0.2, -0.15) is 0 Å². The van der Waals surface area contributed by atoms with Crippen LogP contribution in [-0.2, 0) is 19.6 Å². The molecule has 0 saturated heterocycles. The molecule has 2 aromatic rings. The summed E-state index contributed by atoms with van der Waals surface area (Å²) in [4.78, 5) is 2.38. The van der Waals surface area contributed by atoms with Crippen molar-refractivity contribution in [3.8, 4) is 0 Å². The van der Waals surface area contributed by atoms with Gasteiger partial charge in [-0.25, -0.2) is 0 Å². The molecule has 0 amide bonds. The van der Waals surface area contributed by atoms with Gasteiger partial charge in [-0.1, -0.05) is 30.3 Å². The van der Waals surface area contributed by atoms with Crippen LogP contribution in [0.15, 0.2) is 46.9 Å². The number of anilines is 1. The van der Waals surface area contributed by atoms with E-state index in [1.165, 1.54) is 16.8 Å². The van der Waals surface area contributed by atoms with Gasteiger partial charge >= 0.3 is 0 Å². The molecule has 0 fully saturated rings. The highest BCUT2D eigenvalue weighted by atomic mass is 79.9. The highest BCUT2D eigenvalue weighted by molar-refractivity contribution is 9.10. The molecular formula is C16H16BrNO. The van der Waals surface area contributed by atoms with E-state index in [-0.39, 0.29) is 6.61 Å². The molecule has 0 unspecified atom stereocenters. The molecule has 0 bridgehead atoms. The van der Waals surface area contributed by atoms with Gasteiger partial charge in [0.15, 0.2) is 0 Å². The third kappa shape index (κ3) is 2.53. The maximum atomic E-state index is 9.16. The van der Waals surface area contributed by atoms with E-state index in [0.717, 1.165) is 29.5 Å². The number of hydrogen-bond donors (Lipinski definition) is 1. The predicted octanol–water partition coefficient (Wildman–Crippen LogP) is 3.50. The highest BCUT2D eigenvalue weighted by Gasteiger charge is 2.17. The molecule has 1 heterocycles. The van der Waals surface area contributed by atoms with Crippen molar-refractivity contribution in [2.45, 2.75) is 19.6 Å². The standard InChI is InChI=1S/C16H16BrNO/c17-15-9-12(11-19)5-6-16(15)18-8-7-13-3-1-2-4-14(13)10-18/h1-6,9,19H,7-8,10-11H2. The normalized spacial score (nSPS) is 14.3. The number of rotatable bonds is 2. The third-order valence-electron chi connectivity index (χ3n) is 3.67. The van der Waals surface area contributed by atoms with Crippen LogP contribution in [0.5, 0.6) is 0 Å². The van der Waals surface area contributed by atoms with Gasteiger partial charge in [0.05, 0.1) is 12.3 Å². The Kier molecular flexibility index (Phi) is 3.58. The van der Waals surface area contributed by atoms with Crippen molar-refractivity contribution in [3.05, 3.63) is 63.6 Å². The van der Waals surface area contributed by atoms with E-state index in [9.17, 15) is 0 Å². The van der Waals surface area contributed by atoms with Crippen LogP contribution >= 0.6 is 15.9 Å². The minimum atomic E-state index is 0.0850. The lowest BCUT2D eigenvalue weighted by Crippen LogP contribution is -2.30. The lowest BCUT2D eigenvalue weighted by molar-refractivity contribution is 0.282. The Morgan fingerprint density at radius 1 is 1.11 bits per heavy atom. The van der Waals surface area contributed by atoms with Gasteiger partial charge in [0.1, 0.15) is 0 Å². The van der Waals surface area contributed by atoms with Crippen molar-refractivity contribution >= 4 is 21.6 Å². The number of halogens is 1. The van der Waals surface area contributed by atoms with Gasteiger partial charge in [-0.05, 0) is 51.2 Å². The van der Waals surface area contributed by atoms with Gasteiger partial charge in [0.25, 0.3) is 0 Å². The Morgan fingerprint density at radius 3 is 2.63 bits per heavy atom. The van der Waals surface area contributed by atoms with Crippen LogP contribution in [0.2, 0.25) is 0 Å². The maximum Gasteiger partial charge on any atom is 0.0682 e. The Bertz CT molecular complexity index is 597. The van der Waals surface area contributed by atoms with Crippen molar-refractivity contribution in [3.63, 3.8) is 0 Å².